The summed E-state index contributed by atoms with van der Waals surface area (Å²) in [5.74, 6) is 2.48. The van der Waals surface area contributed by atoms with E-state index in [4.69, 9.17) is 9.15 Å². The molecule has 0 bridgehead atoms. The second kappa shape index (κ2) is 6.42. The van der Waals surface area contributed by atoms with Crippen molar-refractivity contribution < 1.29 is 9.15 Å². The number of ether oxygens (including phenoxy) is 1. The fourth-order valence-corrected chi connectivity index (χ4v) is 2.04. The molecule has 0 aliphatic rings. The molecule has 0 saturated heterocycles. The molecule has 3 heteroatoms. The number of methoxy groups -OCH3 is 1. The van der Waals surface area contributed by atoms with Crippen molar-refractivity contribution in [3.63, 3.8) is 0 Å². The zero-order valence-corrected chi connectivity index (χ0v) is 12.4. The zero-order chi connectivity index (χ0) is 14.5. The van der Waals surface area contributed by atoms with Crippen molar-refractivity contribution in [3.8, 4) is 17.2 Å². The summed E-state index contributed by atoms with van der Waals surface area (Å²) in [6.07, 6.45) is 2.69. The van der Waals surface area contributed by atoms with Crippen LogP contribution in [0.2, 0.25) is 0 Å². The Balaban J connectivity index is 2.25. The summed E-state index contributed by atoms with van der Waals surface area (Å²) in [6.45, 7) is 8.06. The molecule has 20 heavy (non-hydrogen) atoms. The topological polar surface area (TPSA) is 35.3 Å². The van der Waals surface area contributed by atoms with Crippen molar-refractivity contribution in [2.75, 3.05) is 7.11 Å². The van der Waals surface area contributed by atoms with Crippen molar-refractivity contribution in [2.45, 2.75) is 33.1 Å². The minimum atomic E-state index is 0.682. The summed E-state index contributed by atoms with van der Waals surface area (Å²) in [6, 6.07) is 7.76. The van der Waals surface area contributed by atoms with Crippen LogP contribution in [0.3, 0.4) is 0 Å². The number of oxazole rings is 1. The molecule has 0 fully saturated rings. The van der Waals surface area contributed by atoms with Gasteiger partial charge in [0.1, 0.15) is 11.5 Å². The fourth-order valence-electron chi connectivity index (χ4n) is 2.04. The van der Waals surface area contributed by atoms with Crippen LogP contribution in [0.4, 0.5) is 0 Å². The minimum Gasteiger partial charge on any atom is -0.497 e. The molecule has 2 aromatic rings. The van der Waals surface area contributed by atoms with Gasteiger partial charge in [0.2, 0.25) is 5.89 Å². The van der Waals surface area contributed by atoms with Gasteiger partial charge in [-0.3, -0.25) is 0 Å². The van der Waals surface area contributed by atoms with Gasteiger partial charge in [-0.25, -0.2) is 4.98 Å². The summed E-state index contributed by atoms with van der Waals surface area (Å²) in [4.78, 5) is 4.63. The van der Waals surface area contributed by atoms with E-state index in [1.54, 1.807) is 7.11 Å². The molecule has 1 heterocycles. The number of hydrogen-bond acceptors (Lipinski definition) is 3. The van der Waals surface area contributed by atoms with E-state index in [1.165, 1.54) is 5.57 Å². The number of allylic oxidation sites excluding steroid dienone is 1. The van der Waals surface area contributed by atoms with E-state index < -0.39 is 0 Å². The van der Waals surface area contributed by atoms with Gasteiger partial charge < -0.3 is 9.15 Å². The van der Waals surface area contributed by atoms with E-state index in [1.807, 2.05) is 31.2 Å². The van der Waals surface area contributed by atoms with E-state index in [0.717, 1.165) is 42.0 Å². The molecule has 3 nitrogen and oxygen atoms in total. The Labute approximate surface area is 120 Å². The van der Waals surface area contributed by atoms with Gasteiger partial charge in [0.05, 0.1) is 12.8 Å². The van der Waals surface area contributed by atoms with Crippen LogP contribution >= 0.6 is 0 Å². The van der Waals surface area contributed by atoms with E-state index in [2.05, 4.69) is 18.5 Å². The van der Waals surface area contributed by atoms with E-state index >= 15 is 0 Å². The van der Waals surface area contributed by atoms with Crippen molar-refractivity contribution in [1.82, 2.24) is 4.98 Å². The predicted molar refractivity (Wildman–Crippen MR) is 81.0 cm³/mol. The molecule has 0 N–H and O–H groups in total. The maximum absolute atomic E-state index is 5.87. The van der Waals surface area contributed by atoms with Crippen LogP contribution in [0.25, 0.3) is 11.5 Å². The van der Waals surface area contributed by atoms with Crippen LogP contribution in [0.15, 0.2) is 40.8 Å². The van der Waals surface area contributed by atoms with Crippen molar-refractivity contribution in [1.29, 1.82) is 0 Å². The van der Waals surface area contributed by atoms with E-state index in [0.29, 0.717) is 5.89 Å². The highest BCUT2D eigenvalue weighted by atomic mass is 16.5. The number of hydrogen-bond donors (Lipinski definition) is 0. The molecule has 0 saturated carbocycles. The Morgan fingerprint density at radius 2 is 2.00 bits per heavy atom. The van der Waals surface area contributed by atoms with Crippen LogP contribution in [-0.2, 0) is 12.8 Å². The maximum atomic E-state index is 5.87. The van der Waals surface area contributed by atoms with Gasteiger partial charge in [0.15, 0.2) is 0 Å². The second-order valence-corrected chi connectivity index (χ2v) is 4.93. The van der Waals surface area contributed by atoms with Crippen LogP contribution in [0.5, 0.6) is 5.75 Å². The number of nitrogens with zero attached hydrogens (tertiary/aromatic N) is 1. The van der Waals surface area contributed by atoms with E-state index in [9.17, 15) is 0 Å². The third kappa shape index (κ3) is 3.29. The third-order valence-corrected chi connectivity index (χ3v) is 3.22. The summed E-state index contributed by atoms with van der Waals surface area (Å²) in [5, 5.41) is 0. The molecule has 0 unspecified atom stereocenters. The monoisotopic (exact) mass is 271 g/mol. The molecule has 0 atom stereocenters. The van der Waals surface area contributed by atoms with Gasteiger partial charge in [-0.1, -0.05) is 12.5 Å². The van der Waals surface area contributed by atoms with Gasteiger partial charge in [-0.2, -0.15) is 0 Å². The molecule has 2 rings (SSSR count). The molecule has 1 aromatic heterocycles. The Morgan fingerprint density at radius 1 is 1.30 bits per heavy atom. The molecular formula is C17H21NO2. The van der Waals surface area contributed by atoms with Gasteiger partial charge in [-0.15, -0.1) is 6.58 Å². The average Bonchev–Trinajstić information content (AvgIpc) is 2.88. The first-order valence-corrected chi connectivity index (χ1v) is 6.91. The van der Waals surface area contributed by atoms with Crippen LogP contribution in [0, 0.1) is 0 Å². The van der Waals surface area contributed by atoms with Crippen molar-refractivity contribution in [2.24, 2.45) is 0 Å². The molecule has 0 aliphatic carbocycles. The lowest BCUT2D eigenvalue weighted by molar-refractivity contribution is 0.415. The third-order valence-electron chi connectivity index (χ3n) is 3.22. The standard InChI is InChI=1S/C17H21NO2/c1-5-16-15(11-6-12(2)3)18-17(20-16)13-7-9-14(19-4)10-8-13/h7-10H,2,5-6,11H2,1,3-4H3. The minimum absolute atomic E-state index is 0.682. The quantitative estimate of drug-likeness (QED) is 0.729. The van der Waals surface area contributed by atoms with Crippen LogP contribution in [-0.4, -0.2) is 12.1 Å². The molecule has 0 aliphatic heterocycles. The normalized spacial score (nSPS) is 10.6. The summed E-state index contributed by atoms with van der Waals surface area (Å²) < 4.78 is 11.0. The first kappa shape index (κ1) is 14.4. The highest BCUT2D eigenvalue weighted by Gasteiger charge is 2.13. The van der Waals surface area contributed by atoms with Crippen molar-refractivity contribution >= 4 is 0 Å². The van der Waals surface area contributed by atoms with Crippen LogP contribution in [0.1, 0.15) is 31.7 Å². The second-order valence-electron chi connectivity index (χ2n) is 4.93. The Hall–Kier alpha value is -2.03. The maximum Gasteiger partial charge on any atom is 0.226 e. The van der Waals surface area contributed by atoms with Crippen LogP contribution < -0.4 is 4.74 Å². The first-order chi connectivity index (χ1) is 9.63. The highest BCUT2D eigenvalue weighted by Crippen LogP contribution is 2.25. The Kier molecular flexibility index (Phi) is 4.61. The number of rotatable bonds is 6. The molecule has 0 amide bonds. The van der Waals surface area contributed by atoms with Gasteiger partial charge >= 0.3 is 0 Å². The predicted octanol–water partition coefficient (Wildman–Crippen LogP) is 4.42. The largest absolute Gasteiger partial charge is 0.497 e. The summed E-state index contributed by atoms with van der Waals surface area (Å²) in [7, 11) is 1.66. The van der Waals surface area contributed by atoms with Gasteiger partial charge in [0, 0.05) is 12.0 Å². The molecule has 1 aromatic carbocycles. The number of aromatic nitrogens is 1. The SMILES string of the molecule is C=C(C)CCc1nc(-c2ccc(OC)cc2)oc1CC. The Bertz CT molecular complexity index is 582. The molecule has 106 valence electrons. The zero-order valence-electron chi connectivity index (χ0n) is 12.4. The molecule has 0 radical (unpaired) electrons. The average molecular weight is 271 g/mol. The first-order valence-electron chi connectivity index (χ1n) is 6.91. The molecular weight excluding hydrogens is 250 g/mol. The Morgan fingerprint density at radius 3 is 2.55 bits per heavy atom. The van der Waals surface area contributed by atoms with Gasteiger partial charge in [-0.05, 0) is 44.0 Å². The lowest BCUT2D eigenvalue weighted by Gasteiger charge is -1.99. The number of aryl methyl sites for hydroxylation is 2. The smallest absolute Gasteiger partial charge is 0.226 e. The van der Waals surface area contributed by atoms with E-state index in [-0.39, 0.29) is 0 Å². The summed E-state index contributed by atoms with van der Waals surface area (Å²) >= 11 is 0. The molecule has 0 spiro atoms. The number of benzene rings is 1. The fraction of sp³-hybridized carbons (Fsp3) is 0.353. The highest BCUT2D eigenvalue weighted by molar-refractivity contribution is 5.55. The lowest BCUT2D eigenvalue weighted by atomic mass is 10.1. The summed E-state index contributed by atoms with van der Waals surface area (Å²) in [5.41, 5.74) is 3.18. The lowest BCUT2D eigenvalue weighted by Crippen LogP contribution is -1.91. The van der Waals surface area contributed by atoms with Gasteiger partial charge in [0.25, 0.3) is 0 Å². The van der Waals surface area contributed by atoms with Crippen molar-refractivity contribution in [3.05, 3.63) is 47.9 Å².